The lowest BCUT2D eigenvalue weighted by molar-refractivity contribution is 0.0598. The van der Waals surface area contributed by atoms with E-state index in [0.717, 1.165) is 6.67 Å². The molecule has 0 aromatic heterocycles. The molecule has 0 aliphatic carbocycles. The van der Waals surface area contributed by atoms with Crippen LogP contribution in [0.4, 0.5) is 0 Å². The second kappa shape index (κ2) is 4.73. The number of nitrogens with zero attached hydrogens (tertiary/aromatic N) is 1. The van der Waals surface area contributed by atoms with Gasteiger partial charge in [0.1, 0.15) is 0 Å². The van der Waals surface area contributed by atoms with Gasteiger partial charge >= 0.3 is 0 Å². The molecule has 0 saturated carbocycles. The minimum atomic E-state index is 0.636. The van der Waals surface area contributed by atoms with E-state index in [-0.39, 0.29) is 0 Å². The Morgan fingerprint density at radius 1 is 1.36 bits per heavy atom. The Morgan fingerprint density at radius 3 is 2.64 bits per heavy atom. The Hall–Kier alpha value is -0.0800. The quantitative estimate of drug-likeness (QED) is 0.610. The van der Waals surface area contributed by atoms with Crippen molar-refractivity contribution in [3.8, 4) is 0 Å². The smallest absolute Gasteiger partial charge is 0.0589 e. The highest BCUT2D eigenvalue weighted by Crippen LogP contribution is 2.07. The van der Waals surface area contributed by atoms with Crippen LogP contribution in [0.2, 0.25) is 0 Å². The van der Waals surface area contributed by atoms with Crippen LogP contribution in [0.25, 0.3) is 0 Å². The van der Waals surface area contributed by atoms with Gasteiger partial charge < -0.3 is 0 Å². The van der Waals surface area contributed by atoms with Crippen molar-refractivity contribution in [2.45, 2.75) is 45.7 Å². The molecule has 1 unspecified atom stereocenters. The van der Waals surface area contributed by atoms with Gasteiger partial charge in [0.25, 0.3) is 0 Å². The van der Waals surface area contributed by atoms with Gasteiger partial charge in [-0.2, -0.15) is 0 Å². The van der Waals surface area contributed by atoms with Crippen molar-refractivity contribution < 1.29 is 0 Å². The molecule has 1 saturated heterocycles. The number of nitrogens with one attached hydrogen (secondary N) is 1. The molecule has 0 aromatic carbocycles. The van der Waals surface area contributed by atoms with Crippen LogP contribution < -0.4 is 5.32 Å². The van der Waals surface area contributed by atoms with Gasteiger partial charge in [0.05, 0.1) is 12.8 Å². The summed E-state index contributed by atoms with van der Waals surface area (Å²) in [6, 6.07) is 0. The molecule has 66 valence electrons. The highest BCUT2D eigenvalue weighted by molar-refractivity contribution is 4.72. The van der Waals surface area contributed by atoms with Gasteiger partial charge in [-0.25, -0.2) is 0 Å². The maximum absolute atomic E-state index is 3.33. The van der Waals surface area contributed by atoms with Gasteiger partial charge in [-0.05, 0) is 13.3 Å². The number of hydrogen-bond acceptors (Lipinski definition) is 2. The maximum atomic E-state index is 3.33. The fourth-order valence-corrected chi connectivity index (χ4v) is 1.42. The molecule has 1 aliphatic rings. The summed E-state index contributed by atoms with van der Waals surface area (Å²) in [4.78, 5) is 2.48. The molecular weight excluding hydrogens is 136 g/mol. The lowest BCUT2D eigenvalue weighted by Gasteiger charge is -2.39. The van der Waals surface area contributed by atoms with Crippen LogP contribution >= 0.6 is 0 Å². The van der Waals surface area contributed by atoms with Crippen molar-refractivity contribution in [2.24, 2.45) is 0 Å². The predicted octanol–water partition coefficient (Wildman–Crippen LogP) is 1.78. The molecule has 1 fully saturated rings. The SMILES string of the molecule is CCCCCCN1CNC1C. The van der Waals surface area contributed by atoms with Gasteiger partial charge in [-0.1, -0.05) is 26.2 Å². The van der Waals surface area contributed by atoms with E-state index in [0.29, 0.717) is 6.17 Å². The Kier molecular flexibility index (Phi) is 3.87. The molecule has 1 aliphatic heterocycles. The molecule has 0 aromatic rings. The summed E-state index contributed by atoms with van der Waals surface area (Å²) in [5.41, 5.74) is 0. The zero-order valence-electron chi connectivity index (χ0n) is 7.77. The predicted molar refractivity (Wildman–Crippen MR) is 48.3 cm³/mol. The van der Waals surface area contributed by atoms with Crippen LogP contribution in [0.15, 0.2) is 0 Å². The summed E-state index contributed by atoms with van der Waals surface area (Å²) in [6.45, 7) is 6.87. The molecule has 1 atom stereocenters. The van der Waals surface area contributed by atoms with E-state index in [1.807, 2.05) is 0 Å². The lowest BCUT2D eigenvalue weighted by Crippen LogP contribution is -2.59. The van der Waals surface area contributed by atoms with E-state index in [9.17, 15) is 0 Å². The van der Waals surface area contributed by atoms with E-state index >= 15 is 0 Å². The number of hydrogen-bond donors (Lipinski definition) is 1. The molecule has 1 heterocycles. The maximum Gasteiger partial charge on any atom is 0.0589 e. The summed E-state index contributed by atoms with van der Waals surface area (Å²) >= 11 is 0. The third-order valence-corrected chi connectivity index (χ3v) is 2.44. The second-order valence-corrected chi connectivity index (χ2v) is 3.41. The Balaban J connectivity index is 1.87. The molecule has 2 nitrogen and oxygen atoms in total. The van der Waals surface area contributed by atoms with Crippen LogP contribution in [0, 0.1) is 0 Å². The van der Waals surface area contributed by atoms with Crippen LogP contribution in [0.3, 0.4) is 0 Å². The fourth-order valence-electron chi connectivity index (χ4n) is 1.42. The van der Waals surface area contributed by atoms with Gasteiger partial charge in [-0.3, -0.25) is 10.2 Å². The fraction of sp³-hybridized carbons (Fsp3) is 1.00. The molecule has 1 N–H and O–H groups in total. The average molecular weight is 156 g/mol. The third-order valence-electron chi connectivity index (χ3n) is 2.44. The Bertz CT molecular complexity index is 104. The summed E-state index contributed by atoms with van der Waals surface area (Å²) in [5, 5.41) is 3.33. The first-order valence-corrected chi connectivity index (χ1v) is 4.82. The van der Waals surface area contributed by atoms with E-state index in [2.05, 4.69) is 24.1 Å². The highest BCUT2D eigenvalue weighted by Gasteiger charge is 2.20. The van der Waals surface area contributed by atoms with E-state index in [4.69, 9.17) is 0 Å². The van der Waals surface area contributed by atoms with Gasteiger partial charge in [0, 0.05) is 6.54 Å². The Labute approximate surface area is 70.0 Å². The van der Waals surface area contributed by atoms with Crippen LogP contribution in [0.1, 0.15) is 39.5 Å². The van der Waals surface area contributed by atoms with Crippen molar-refractivity contribution in [2.75, 3.05) is 13.2 Å². The molecule has 0 spiro atoms. The van der Waals surface area contributed by atoms with Crippen LogP contribution in [-0.4, -0.2) is 24.3 Å². The van der Waals surface area contributed by atoms with Crippen molar-refractivity contribution in [3.63, 3.8) is 0 Å². The first-order chi connectivity index (χ1) is 5.34. The zero-order valence-corrected chi connectivity index (χ0v) is 7.77. The van der Waals surface area contributed by atoms with E-state index in [1.54, 1.807) is 0 Å². The summed E-state index contributed by atoms with van der Waals surface area (Å²) < 4.78 is 0. The first kappa shape index (κ1) is 9.01. The summed E-state index contributed by atoms with van der Waals surface area (Å²) in [7, 11) is 0. The largest absolute Gasteiger partial charge is 0.289 e. The molecule has 2 heteroatoms. The topological polar surface area (TPSA) is 15.3 Å². The molecular formula is C9H20N2. The summed E-state index contributed by atoms with van der Waals surface area (Å²) in [6.07, 6.45) is 6.15. The van der Waals surface area contributed by atoms with Crippen LogP contribution in [0.5, 0.6) is 0 Å². The standard InChI is InChI=1S/C9H20N2/c1-3-4-5-6-7-11-8-10-9(11)2/h9-10H,3-8H2,1-2H3. The third kappa shape index (κ3) is 2.80. The lowest BCUT2D eigenvalue weighted by atomic mass is 10.2. The zero-order chi connectivity index (χ0) is 8.10. The van der Waals surface area contributed by atoms with Crippen molar-refractivity contribution in [1.29, 1.82) is 0 Å². The number of rotatable bonds is 5. The average Bonchev–Trinajstić information content (AvgIpc) is 2.02. The minimum Gasteiger partial charge on any atom is -0.289 e. The van der Waals surface area contributed by atoms with Crippen molar-refractivity contribution in [1.82, 2.24) is 10.2 Å². The number of unbranched alkanes of at least 4 members (excludes halogenated alkanes) is 3. The minimum absolute atomic E-state index is 0.636. The molecule has 1 rings (SSSR count). The van der Waals surface area contributed by atoms with Gasteiger partial charge in [0.2, 0.25) is 0 Å². The van der Waals surface area contributed by atoms with Crippen molar-refractivity contribution in [3.05, 3.63) is 0 Å². The molecule has 0 amide bonds. The molecule has 0 bridgehead atoms. The van der Waals surface area contributed by atoms with Crippen LogP contribution in [-0.2, 0) is 0 Å². The van der Waals surface area contributed by atoms with Crippen molar-refractivity contribution >= 4 is 0 Å². The highest BCUT2D eigenvalue weighted by atomic mass is 15.4. The van der Waals surface area contributed by atoms with E-state index in [1.165, 1.54) is 32.2 Å². The van der Waals surface area contributed by atoms with Gasteiger partial charge in [0.15, 0.2) is 0 Å². The molecule has 11 heavy (non-hydrogen) atoms. The molecule has 0 radical (unpaired) electrons. The second-order valence-electron chi connectivity index (χ2n) is 3.41. The van der Waals surface area contributed by atoms with E-state index < -0.39 is 0 Å². The van der Waals surface area contributed by atoms with Gasteiger partial charge in [-0.15, -0.1) is 0 Å². The normalized spacial score (nSPS) is 25.1. The first-order valence-electron chi connectivity index (χ1n) is 4.82. The monoisotopic (exact) mass is 156 g/mol. The Morgan fingerprint density at radius 2 is 2.18 bits per heavy atom. The summed E-state index contributed by atoms with van der Waals surface area (Å²) in [5.74, 6) is 0.